The highest BCUT2D eigenvalue weighted by molar-refractivity contribution is 5.83. The SMILES string of the molecule is CC(C)CC(F)(F)C(=O)N1CCC(C(=O)O)CC1. The van der Waals surface area contributed by atoms with Gasteiger partial charge in [-0.2, -0.15) is 8.78 Å². The second-order valence-corrected chi connectivity index (χ2v) is 5.21. The van der Waals surface area contributed by atoms with E-state index in [4.69, 9.17) is 5.11 Å². The van der Waals surface area contributed by atoms with Gasteiger partial charge < -0.3 is 10.0 Å². The molecular weight excluding hydrogens is 244 g/mol. The molecule has 0 radical (unpaired) electrons. The number of hydrogen-bond acceptors (Lipinski definition) is 2. The molecule has 18 heavy (non-hydrogen) atoms. The molecule has 0 saturated carbocycles. The van der Waals surface area contributed by atoms with Gasteiger partial charge in [0.2, 0.25) is 0 Å². The summed E-state index contributed by atoms with van der Waals surface area (Å²) in [7, 11) is 0. The van der Waals surface area contributed by atoms with E-state index in [-0.39, 0.29) is 31.8 Å². The van der Waals surface area contributed by atoms with Crippen molar-refractivity contribution in [1.82, 2.24) is 4.90 Å². The molecule has 1 aliphatic heterocycles. The Kier molecular flexibility index (Phi) is 4.65. The summed E-state index contributed by atoms with van der Waals surface area (Å²) in [6, 6.07) is 0. The lowest BCUT2D eigenvalue weighted by Crippen LogP contribution is -2.48. The van der Waals surface area contributed by atoms with Gasteiger partial charge >= 0.3 is 11.9 Å². The molecule has 6 heteroatoms. The number of aliphatic carboxylic acids is 1. The second-order valence-electron chi connectivity index (χ2n) is 5.21. The zero-order valence-corrected chi connectivity index (χ0v) is 10.7. The summed E-state index contributed by atoms with van der Waals surface area (Å²) < 4.78 is 27.2. The van der Waals surface area contributed by atoms with Crippen LogP contribution in [0.3, 0.4) is 0 Å². The average Bonchev–Trinajstić information content (AvgIpc) is 2.26. The van der Waals surface area contributed by atoms with Crippen LogP contribution in [0.4, 0.5) is 8.78 Å². The Hall–Kier alpha value is -1.20. The smallest absolute Gasteiger partial charge is 0.325 e. The fourth-order valence-corrected chi connectivity index (χ4v) is 2.16. The van der Waals surface area contributed by atoms with Crippen molar-refractivity contribution < 1.29 is 23.5 Å². The van der Waals surface area contributed by atoms with Crippen LogP contribution in [0.1, 0.15) is 33.1 Å². The van der Waals surface area contributed by atoms with Crippen LogP contribution in [0.5, 0.6) is 0 Å². The number of alkyl halides is 2. The van der Waals surface area contributed by atoms with Crippen LogP contribution >= 0.6 is 0 Å². The number of nitrogens with zero attached hydrogens (tertiary/aromatic N) is 1. The summed E-state index contributed by atoms with van der Waals surface area (Å²) >= 11 is 0. The predicted molar refractivity (Wildman–Crippen MR) is 61.3 cm³/mol. The average molecular weight is 263 g/mol. The first-order valence-corrected chi connectivity index (χ1v) is 6.14. The molecule has 1 fully saturated rings. The third-order valence-electron chi connectivity index (χ3n) is 3.11. The van der Waals surface area contributed by atoms with E-state index < -0.39 is 30.1 Å². The summed E-state index contributed by atoms with van der Waals surface area (Å²) in [4.78, 5) is 23.5. The Balaban J connectivity index is 2.57. The van der Waals surface area contributed by atoms with Crippen LogP contribution < -0.4 is 0 Å². The van der Waals surface area contributed by atoms with Gasteiger partial charge in [-0.15, -0.1) is 0 Å². The number of carbonyl (C=O) groups excluding carboxylic acids is 1. The Bertz CT molecular complexity index is 323. The quantitative estimate of drug-likeness (QED) is 0.844. The van der Waals surface area contributed by atoms with Gasteiger partial charge in [0.05, 0.1) is 5.92 Å². The molecule has 0 unspecified atom stereocenters. The summed E-state index contributed by atoms with van der Waals surface area (Å²) in [5.74, 6) is -6.21. The lowest BCUT2D eigenvalue weighted by atomic mass is 9.96. The topological polar surface area (TPSA) is 57.6 Å². The van der Waals surface area contributed by atoms with E-state index >= 15 is 0 Å². The highest BCUT2D eigenvalue weighted by atomic mass is 19.3. The number of carboxylic acids is 1. The predicted octanol–water partition coefficient (Wildman–Crippen LogP) is 1.99. The molecule has 0 aromatic carbocycles. The van der Waals surface area contributed by atoms with Crippen molar-refractivity contribution in [3.05, 3.63) is 0 Å². The molecule has 0 atom stereocenters. The third-order valence-corrected chi connectivity index (χ3v) is 3.11. The van der Waals surface area contributed by atoms with E-state index in [0.29, 0.717) is 0 Å². The lowest BCUT2D eigenvalue weighted by Gasteiger charge is -2.33. The maximum Gasteiger partial charge on any atom is 0.325 e. The number of rotatable bonds is 4. The molecule has 104 valence electrons. The van der Waals surface area contributed by atoms with Gasteiger partial charge in [-0.25, -0.2) is 0 Å². The van der Waals surface area contributed by atoms with Crippen molar-refractivity contribution in [3.63, 3.8) is 0 Å². The summed E-state index contributed by atoms with van der Waals surface area (Å²) in [5, 5.41) is 8.79. The van der Waals surface area contributed by atoms with Crippen molar-refractivity contribution in [3.8, 4) is 0 Å². The van der Waals surface area contributed by atoms with Crippen molar-refractivity contribution in [2.45, 2.75) is 39.0 Å². The van der Waals surface area contributed by atoms with Gasteiger partial charge in [-0.05, 0) is 18.8 Å². The van der Waals surface area contributed by atoms with E-state index in [1.165, 1.54) is 0 Å². The fraction of sp³-hybridized carbons (Fsp3) is 0.833. The van der Waals surface area contributed by atoms with Crippen LogP contribution in [0, 0.1) is 11.8 Å². The van der Waals surface area contributed by atoms with Crippen molar-refractivity contribution in [2.75, 3.05) is 13.1 Å². The minimum atomic E-state index is -3.34. The first kappa shape index (κ1) is 14.9. The summed E-state index contributed by atoms with van der Waals surface area (Å²) in [6.07, 6.45) is 0.0301. The van der Waals surface area contributed by atoms with Crippen molar-refractivity contribution in [2.24, 2.45) is 11.8 Å². The van der Waals surface area contributed by atoms with Gasteiger partial charge in [0.15, 0.2) is 0 Å². The first-order chi connectivity index (χ1) is 8.24. The van der Waals surface area contributed by atoms with Gasteiger partial charge in [0, 0.05) is 19.5 Å². The van der Waals surface area contributed by atoms with Crippen molar-refractivity contribution in [1.29, 1.82) is 0 Å². The molecule has 1 heterocycles. The van der Waals surface area contributed by atoms with Gasteiger partial charge in [0.1, 0.15) is 0 Å². The molecular formula is C12H19F2NO3. The number of piperidine rings is 1. The molecule has 0 aromatic rings. The number of hydrogen-bond donors (Lipinski definition) is 1. The standard InChI is InChI=1S/C12H19F2NO3/c1-8(2)7-12(13,14)11(18)15-5-3-9(4-6-15)10(16)17/h8-9H,3-7H2,1-2H3,(H,16,17). The van der Waals surface area contributed by atoms with Crippen LogP contribution in [-0.2, 0) is 9.59 Å². The molecule has 1 amide bonds. The number of carbonyl (C=O) groups is 2. The van der Waals surface area contributed by atoms with Crippen LogP contribution in [-0.4, -0.2) is 40.9 Å². The molecule has 0 bridgehead atoms. The summed E-state index contributed by atoms with van der Waals surface area (Å²) in [6.45, 7) is 3.47. The highest BCUT2D eigenvalue weighted by Gasteiger charge is 2.43. The third kappa shape index (κ3) is 3.65. The lowest BCUT2D eigenvalue weighted by molar-refractivity contribution is -0.162. The molecule has 1 rings (SSSR count). The molecule has 1 aliphatic rings. The second kappa shape index (κ2) is 5.63. The maximum absolute atomic E-state index is 13.6. The molecule has 0 aromatic heterocycles. The number of amides is 1. The van der Waals surface area contributed by atoms with E-state index in [1.54, 1.807) is 13.8 Å². The van der Waals surface area contributed by atoms with Crippen LogP contribution in [0.25, 0.3) is 0 Å². The fourth-order valence-electron chi connectivity index (χ4n) is 2.16. The molecule has 0 aliphatic carbocycles. The Morgan fingerprint density at radius 2 is 1.83 bits per heavy atom. The Labute approximate surface area is 105 Å². The van der Waals surface area contributed by atoms with Gasteiger partial charge in [0.25, 0.3) is 5.91 Å². The highest BCUT2D eigenvalue weighted by Crippen LogP contribution is 2.28. The van der Waals surface area contributed by atoms with Gasteiger partial charge in [-0.3, -0.25) is 9.59 Å². The molecule has 1 saturated heterocycles. The summed E-state index contributed by atoms with van der Waals surface area (Å²) in [5.41, 5.74) is 0. The first-order valence-electron chi connectivity index (χ1n) is 6.14. The van der Waals surface area contributed by atoms with Crippen LogP contribution in [0.15, 0.2) is 0 Å². The maximum atomic E-state index is 13.6. The Morgan fingerprint density at radius 3 is 2.22 bits per heavy atom. The minimum absolute atomic E-state index is 0.101. The number of carboxylic acid groups (broad SMARTS) is 1. The van der Waals surface area contributed by atoms with E-state index in [9.17, 15) is 18.4 Å². The molecule has 1 N–H and O–H groups in total. The van der Waals surface area contributed by atoms with E-state index in [2.05, 4.69) is 0 Å². The van der Waals surface area contributed by atoms with Crippen molar-refractivity contribution >= 4 is 11.9 Å². The number of likely N-dealkylation sites (tertiary alicyclic amines) is 1. The van der Waals surface area contributed by atoms with Gasteiger partial charge in [-0.1, -0.05) is 13.8 Å². The zero-order valence-electron chi connectivity index (χ0n) is 10.7. The molecule has 4 nitrogen and oxygen atoms in total. The zero-order chi connectivity index (χ0) is 13.9. The number of halogens is 2. The monoisotopic (exact) mass is 263 g/mol. The molecule has 0 spiro atoms. The normalized spacial score (nSPS) is 18.2. The van der Waals surface area contributed by atoms with E-state index in [1.807, 2.05) is 0 Å². The largest absolute Gasteiger partial charge is 0.481 e. The van der Waals surface area contributed by atoms with Crippen LogP contribution in [0.2, 0.25) is 0 Å². The Morgan fingerprint density at radius 1 is 1.33 bits per heavy atom. The minimum Gasteiger partial charge on any atom is -0.481 e. The van der Waals surface area contributed by atoms with E-state index in [0.717, 1.165) is 4.90 Å².